The average molecular weight is 317 g/mol. The number of halogens is 1. The first kappa shape index (κ1) is 18.0. The summed E-state index contributed by atoms with van der Waals surface area (Å²) in [5.74, 6) is -0.365. The molecule has 7 heteroatoms. The smallest absolute Gasteiger partial charge is 0.240 e. The van der Waals surface area contributed by atoms with E-state index in [-0.39, 0.29) is 17.3 Å². The third kappa shape index (κ3) is 5.35. The summed E-state index contributed by atoms with van der Waals surface area (Å²) in [6.07, 6.45) is 0.718. The fourth-order valence-corrected chi connectivity index (χ4v) is 3.18. The van der Waals surface area contributed by atoms with Crippen LogP contribution < -0.4 is 10.0 Å². The highest BCUT2D eigenvalue weighted by Crippen LogP contribution is 2.19. The Morgan fingerprint density at radius 3 is 2.52 bits per heavy atom. The second kappa shape index (κ2) is 7.84. The van der Waals surface area contributed by atoms with Crippen LogP contribution in [0.2, 0.25) is 0 Å². The third-order valence-corrected chi connectivity index (χ3v) is 4.50. The fraction of sp³-hybridized carbons (Fsp3) is 0.571. The molecule has 0 aliphatic carbocycles. The van der Waals surface area contributed by atoms with Crippen molar-refractivity contribution in [2.75, 3.05) is 34.2 Å². The molecule has 0 spiro atoms. The Labute approximate surface area is 126 Å². The predicted molar refractivity (Wildman–Crippen MR) is 82.3 cm³/mol. The van der Waals surface area contributed by atoms with E-state index in [0.29, 0.717) is 17.7 Å². The lowest BCUT2D eigenvalue weighted by atomic mass is 10.1. The molecule has 0 bridgehead atoms. The Kier molecular flexibility index (Phi) is 6.73. The van der Waals surface area contributed by atoms with Crippen molar-refractivity contribution in [2.24, 2.45) is 0 Å². The summed E-state index contributed by atoms with van der Waals surface area (Å²) in [5.41, 5.74) is 0.683. The lowest BCUT2D eigenvalue weighted by Gasteiger charge is -2.12. The molecular formula is C14H24FN3O2S. The van der Waals surface area contributed by atoms with Gasteiger partial charge in [-0.15, -0.1) is 0 Å². The van der Waals surface area contributed by atoms with Gasteiger partial charge in [-0.2, -0.15) is 0 Å². The van der Waals surface area contributed by atoms with E-state index >= 15 is 0 Å². The van der Waals surface area contributed by atoms with Crippen molar-refractivity contribution in [1.82, 2.24) is 14.9 Å². The van der Waals surface area contributed by atoms with E-state index in [1.165, 1.54) is 12.1 Å². The Bertz CT molecular complexity index is 574. The van der Waals surface area contributed by atoms with E-state index in [1.54, 1.807) is 14.0 Å². The molecule has 0 fully saturated rings. The van der Waals surface area contributed by atoms with Crippen molar-refractivity contribution in [2.45, 2.75) is 24.8 Å². The summed E-state index contributed by atoms with van der Waals surface area (Å²) in [7, 11) is 1.95. The molecule has 0 saturated heterocycles. The van der Waals surface area contributed by atoms with Gasteiger partial charge in [-0.25, -0.2) is 17.5 Å². The summed E-state index contributed by atoms with van der Waals surface area (Å²) in [5, 5.41) is 2.83. The molecule has 0 radical (unpaired) electrons. The Balaban J connectivity index is 2.87. The zero-order valence-electron chi connectivity index (χ0n) is 13.0. The van der Waals surface area contributed by atoms with E-state index in [1.807, 2.05) is 19.0 Å². The maximum Gasteiger partial charge on any atom is 0.240 e. The molecule has 0 heterocycles. The molecule has 120 valence electrons. The first-order valence-corrected chi connectivity index (χ1v) is 8.34. The van der Waals surface area contributed by atoms with Crippen LogP contribution in [0.25, 0.3) is 0 Å². The van der Waals surface area contributed by atoms with Gasteiger partial charge in [-0.05, 0) is 58.7 Å². The van der Waals surface area contributed by atoms with Gasteiger partial charge in [0.1, 0.15) is 5.82 Å². The first-order valence-electron chi connectivity index (χ1n) is 6.86. The fourth-order valence-electron chi connectivity index (χ4n) is 1.97. The molecule has 0 atom stereocenters. The Morgan fingerprint density at radius 1 is 1.29 bits per heavy atom. The maximum atomic E-state index is 13.9. The highest BCUT2D eigenvalue weighted by atomic mass is 32.2. The summed E-state index contributed by atoms with van der Waals surface area (Å²) < 4.78 is 40.9. The van der Waals surface area contributed by atoms with Crippen LogP contribution in [0.3, 0.4) is 0 Å². The molecule has 0 unspecified atom stereocenters. The standard InChI is InChI=1S/C14H24FN3O2S/c1-11-8-13(9-12(10-16-2)14(11)15)21(19,20)17-6-5-7-18(3)4/h8-9,16-17H,5-7,10H2,1-4H3. The van der Waals surface area contributed by atoms with Crippen molar-refractivity contribution < 1.29 is 12.8 Å². The molecule has 0 aliphatic rings. The number of nitrogens with zero attached hydrogens (tertiary/aromatic N) is 1. The molecule has 0 saturated carbocycles. The van der Waals surface area contributed by atoms with Gasteiger partial charge < -0.3 is 10.2 Å². The van der Waals surface area contributed by atoms with Crippen LogP contribution >= 0.6 is 0 Å². The van der Waals surface area contributed by atoms with Gasteiger partial charge in [0, 0.05) is 18.7 Å². The Morgan fingerprint density at radius 2 is 1.95 bits per heavy atom. The number of nitrogens with one attached hydrogen (secondary N) is 2. The van der Waals surface area contributed by atoms with Gasteiger partial charge in [-0.3, -0.25) is 0 Å². The molecule has 0 aromatic heterocycles. The van der Waals surface area contributed by atoms with Crippen molar-refractivity contribution in [3.63, 3.8) is 0 Å². The zero-order chi connectivity index (χ0) is 16.0. The van der Waals surface area contributed by atoms with Crippen LogP contribution in [0.5, 0.6) is 0 Å². The van der Waals surface area contributed by atoms with Gasteiger partial charge in [0.05, 0.1) is 4.90 Å². The lowest BCUT2D eigenvalue weighted by molar-refractivity contribution is 0.400. The van der Waals surface area contributed by atoms with Gasteiger partial charge in [0.2, 0.25) is 10.0 Å². The number of benzene rings is 1. The predicted octanol–water partition coefficient (Wildman–Crippen LogP) is 1.08. The van der Waals surface area contributed by atoms with Gasteiger partial charge >= 0.3 is 0 Å². The Hall–Kier alpha value is -1.02. The minimum atomic E-state index is -3.60. The quantitative estimate of drug-likeness (QED) is 0.705. The highest BCUT2D eigenvalue weighted by Gasteiger charge is 2.17. The largest absolute Gasteiger partial charge is 0.316 e. The van der Waals surface area contributed by atoms with E-state index < -0.39 is 10.0 Å². The topological polar surface area (TPSA) is 61.4 Å². The van der Waals surface area contributed by atoms with E-state index in [9.17, 15) is 12.8 Å². The highest BCUT2D eigenvalue weighted by molar-refractivity contribution is 7.89. The number of hydrogen-bond acceptors (Lipinski definition) is 4. The lowest BCUT2D eigenvalue weighted by Crippen LogP contribution is -2.27. The summed E-state index contributed by atoms with van der Waals surface area (Å²) in [4.78, 5) is 2.10. The van der Waals surface area contributed by atoms with Gasteiger partial charge in [-0.1, -0.05) is 0 Å². The van der Waals surface area contributed by atoms with Crippen LogP contribution in [0, 0.1) is 12.7 Å². The number of hydrogen-bond donors (Lipinski definition) is 2. The van der Waals surface area contributed by atoms with Gasteiger partial charge in [0.15, 0.2) is 0 Å². The summed E-state index contributed by atoms with van der Waals surface area (Å²) in [6, 6.07) is 2.75. The maximum absolute atomic E-state index is 13.9. The number of sulfonamides is 1. The number of rotatable bonds is 8. The third-order valence-electron chi connectivity index (χ3n) is 3.06. The van der Waals surface area contributed by atoms with E-state index in [4.69, 9.17) is 0 Å². The van der Waals surface area contributed by atoms with Gasteiger partial charge in [0.25, 0.3) is 0 Å². The molecule has 1 aromatic carbocycles. The van der Waals surface area contributed by atoms with Crippen molar-refractivity contribution in [3.8, 4) is 0 Å². The van der Waals surface area contributed by atoms with E-state index in [0.717, 1.165) is 13.0 Å². The second-order valence-corrected chi connectivity index (χ2v) is 7.07. The monoisotopic (exact) mass is 317 g/mol. The number of aryl methyl sites for hydroxylation is 1. The second-order valence-electron chi connectivity index (χ2n) is 5.30. The SMILES string of the molecule is CNCc1cc(S(=O)(=O)NCCCN(C)C)cc(C)c1F. The molecule has 0 amide bonds. The molecule has 21 heavy (non-hydrogen) atoms. The molecule has 1 aromatic rings. The molecular weight excluding hydrogens is 293 g/mol. The molecule has 5 nitrogen and oxygen atoms in total. The molecule has 2 N–H and O–H groups in total. The molecule has 1 rings (SSSR count). The average Bonchev–Trinajstić information content (AvgIpc) is 2.39. The normalized spacial score (nSPS) is 12.1. The zero-order valence-corrected chi connectivity index (χ0v) is 13.8. The van der Waals surface area contributed by atoms with Crippen molar-refractivity contribution in [3.05, 3.63) is 29.1 Å². The van der Waals surface area contributed by atoms with E-state index in [2.05, 4.69) is 10.0 Å². The summed E-state index contributed by atoms with van der Waals surface area (Å²) >= 11 is 0. The minimum absolute atomic E-state index is 0.108. The summed E-state index contributed by atoms with van der Waals surface area (Å²) in [6.45, 7) is 3.02. The molecule has 0 aliphatic heterocycles. The first-order chi connectivity index (χ1) is 9.77. The minimum Gasteiger partial charge on any atom is -0.316 e. The van der Waals surface area contributed by atoms with Crippen LogP contribution in [0.1, 0.15) is 17.5 Å². The van der Waals surface area contributed by atoms with Crippen molar-refractivity contribution in [1.29, 1.82) is 0 Å². The van der Waals surface area contributed by atoms with Crippen LogP contribution in [0.4, 0.5) is 4.39 Å². The van der Waals surface area contributed by atoms with Crippen LogP contribution in [-0.2, 0) is 16.6 Å². The van der Waals surface area contributed by atoms with Crippen LogP contribution in [0.15, 0.2) is 17.0 Å². The van der Waals surface area contributed by atoms with Crippen molar-refractivity contribution >= 4 is 10.0 Å². The van der Waals surface area contributed by atoms with Crippen LogP contribution in [-0.4, -0.2) is 47.6 Å².